The smallest absolute Gasteiger partial charge is 0.264 e. The first-order valence-corrected chi connectivity index (χ1v) is 16.2. The van der Waals surface area contributed by atoms with E-state index in [4.69, 9.17) is 9.47 Å². The number of hydrogen-bond acceptors (Lipinski definition) is 6. The van der Waals surface area contributed by atoms with Gasteiger partial charge in [0.15, 0.2) is 11.5 Å². The van der Waals surface area contributed by atoms with Crippen LogP contribution in [-0.2, 0) is 32.6 Å². The summed E-state index contributed by atoms with van der Waals surface area (Å²) in [6.45, 7) is 2.94. The number of amides is 2. The Morgan fingerprint density at radius 1 is 0.804 bits per heavy atom. The number of rotatable bonds is 14. The van der Waals surface area contributed by atoms with Gasteiger partial charge in [0.25, 0.3) is 10.0 Å². The third-order valence-corrected chi connectivity index (χ3v) is 9.00. The summed E-state index contributed by atoms with van der Waals surface area (Å²) in [5.41, 5.74) is 1.62. The van der Waals surface area contributed by atoms with Crippen LogP contribution in [0, 0.1) is 5.82 Å². The van der Waals surface area contributed by atoms with Crippen molar-refractivity contribution in [3.8, 4) is 11.5 Å². The van der Waals surface area contributed by atoms with Gasteiger partial charge in [-0.15, -0.1) is 0 Å². The van der Waals surface area contributed by atoms with E-state index >= 15 is 0 Å². The van der Waals surface area contributed by atoms with E-state index in [-0.39, 0.29) is 35.3 Å². The molecule has 0 aliphatic rings. The number of anilines is 1. The van der Waals surface area contributed by atoms with Crippen LogP contribution in [0.25, 0.3) is 0 Å². The number of halogens is 1. The van der Waals surface area contributed by atoms with Gasteiger partial charge in [-0.25, -0.2) is 12.8 Å². The van der Waals surface area contributed by atoms with Gasteiger partial charge in [-0.1, -0.05) is 60.7 Å². The first kappa shape index (κ1) is 34.0. The molecule has 0 heterocycles. The third kappa shape index (κ3) is 8.42. The summed E-state index contributed by atoms with van der Waals surface area (Å²) in [5.74, 6) is -0.931. The molecule has 242 valence electrons. The normalized spacial score (nSPS) is 11.9. The molecule has 0 aliphatic heterocycles. The minimum absolute atomic E-state index is 0.0683. The van der Waals surface area contributed by atoms with Gasteiger partial charge in [0.2, 0.25) is 11.8 Å². The van der Waals surface area contributed by atoms with E-state index in [0.717, 1.165) is 9.87 Å². The lowest BCUT2D eigenvalue weighted by atomic mass is 10.0. The van der Waals surface area contributed by atoms with Gasteiger partial charge < -0.3 is 19.7 Å². The summed E-state index contributed by atoms with van der Waals surface area (Å²) in [7, 11) is -1.50. The lowest BCUT2D eigenvalue weighted by Gasteiger charge is -2.34. The fourth-order valence-electron chi connectivity index (χ4n) is 4.95. The van der Waals surface area contributed by atoms with E-state index in [0.29, 0.717) is 11.3 Å². The molecule has 0 bridgehead atoms. The van der Waals surface area contributed by atoms with E-state index in [1.54, 1.807) is 30.3 Å². The summed E-state index contributed by atoms with van der Waals surface area (Å²) >= 11 is 0. The highest BCUT2D eigenvalue weighted by Crippen LogP contribution is 2.32. The second-order valence-electron chi connectivity index (χ2n) is 10.9. The van der Waals surface area contributed by atoms with E-state index in [2.05, 4.69) is 5.32 Å². The Morgan fingerprint density at radius 2 is 1.41 bits per heavy atom. The van der Waals surface area contributed by atoms with Gasteiger partial charge in [-0.3, -0.25) is 13.9 Å². The Balaban J connectivity index is 1.80. The number of para-hydroxylation sites is 1. The van der Waals surface area contributed by atoms with Crippen LogP contribution in [0.5, 0.6) is 11.5 Å². The molecule has 2 amide bonds. The van der Waals surface area contributed by atoms with Gasteiger partial charge in [-0.05, 0) is 61.4 Å². The molecule has 1 atom stereocenters. The first-order chi connectivity index (χ1) is 22.0. The number of carbonyl (C=O) groups excluding carboxylic acids is 2. The summed E-state index contributed by atoms with van der Waals surface area (Å²) in [4.78, 5) is 29.4. The zero-order valence-corrected chi connectivity index (χ0v) is 27.0. The SMILES string of the molecule is COc1ccc(S(=O)(=O)N(CC(=O)N(Cc2ccc(F)cc2)[C@@H](Cc2ccccc2)C(=O)NC(C)C)c2ccccc2)cc1OC. The van der Waals surface area contributed by atoms with E-state index in [1.807, 2.05) is 44.2 Å². The molecular formula is C35H38FN3O6S. The van der Waals surface area contributed by atoms with Crippen LogP contribution in [0.3, 0.4) is 0 Å². The van der Waals surface area contributed by atoms with E-state index in [1.165, 1.54) is 61.6 Å². The van der Waals surface area contributed by atoms with Gasteiger partial charge in [0.05, 0.1) is 24.8 Å². The predicted octanol–water partition coefficient (Wildman–Crippen LogP) is 5.20. The maximum absolute atomic E-state index is 14.4. The number of carbonyl (C=O) groups is 2. The molecule has 4 rings (SSSR count). The third-order valence-electron chi connectivity index (χ3n) is 7.23. The lowest BCUT2D eigenvalue weighted by molar-refractivity contribution is -0.140. The minimum Gasteiger partial charge on any atom is -0.493 e. The van der Waals surface area contributed by atoms with Crippen LogP contribution in [0.2, 0.25) is 0 Å². The van der Waals surface area contributed by atoms with Crippen molar-refractivity contribution in [2.24, 2.45) is 0 Å². The zero-order valence-electron chi connectivity index (χ0n) is 26.2. The highest BCUT2D eigenvalue weighted by molar-refractivity contribution is 7.92. The van der Waals surface area contributed by atoms with Crippen LogP contribution in [-0.4, -0.2) is 58.0 Å². The molecule has 9 nitrogen and oxygen atoms in total. The molecule has 0 spiro atoms. The monoisotopic (exact) mass is 647 g/mol. The topological polar surface area (TPSA) is 105 Å². The minimum atomic E-state index is -4.34. The van der Waals surface area contributed by atoms with E-state index in [9.17, 15) is 22.4 Å². The fourth-order valence-corrected chi connectivity index (χ4v) is 6.38. The molecular weight excluding hydrogens is 609 g/mol. The van der Waals surface area contributed by atoms with Crippen molar-refractivity contribution in [3.63, 3.8) is 0 Å². The van der Waals surface area contributed by atoms with Crippen molar-refractivity contribution in [2.75, 3.05) is 25.1 Å². The van der Waals surface area contributed by atoms with Crippen LogP contribution in [0.1, 0.15) is 25.0 Å². The molecule has 0 fully saturated rings. The molecule has 0 aromatic heterocycles. The Morgan fingerprint density at radius 3 is 2.00 bits per heavy atom. The Hall–Kier alpha value is -4.90. The second kappa shape index (κ2) is 15.4. The van der Waals surface area contributed by atoms with Crippen LogP contribution in [0.4, 0.5) is 10.1 Å². The Labute approximate surface area is 269 Å². The highest BCUT2D eigenvalue weighted by atomic mass is 32.2. The molecule has 0 saturated carbocycles. The van der Waals surface area contributed by atoms with Crippen molar-refractivity contribution < 1.29 is 31.9 Å². The lowest BCUT2D eigenvalue weighted by Crippen LogP contribution is -2.54. The van der Waals surface area contributed by atoms with Crippen molar-refractivity contribution in [1.29, 1.82) is 0 Å². The molecule has 1 N–H and O–H groups in total. The van der Waals surface area contributed by atoms with Crippen LogP contribution < -0.4 is 19.1 Å². The van der Waals surface area contributed by atoms with Gasteiger partial charge in [0.1, 0.15) is 18.4 Å². The quantitative estimate of drug-likeness (QED) is 0.202. The average Bonchev–Trinajstić information content (AvgIpc) is 3.06. The second-order valence-corrected chi connectivity index (χ2v) is 12.7. The van der Waals surface area contributed by atoms with E-state index < -0.39 is 40.2 Å². The molecule has 4 aromatic rings. The first-order valence-electron chi connectivity index (χ1n) is 14.7. The number of benzene rings is 4. The predicted molar refractivity (Wildman–Crippen MR) is 175 cm³/mol. The average molecular weight is 648 g/mol. The zero-order chi connectivity index (χ0) is 33.3. The van der Waals surface area contributed by atoms with Crippen LogP contribution in [0.15, 0.2) is 108 Å². The Bertz CT molecular complexity index is 1720. The number of hydrogen-bond donors (Lipinski definition) is 1. The summed E-state index contributed by atoms with van der Waals surface area (Å²) < 4.78 is 53.9. The Kier molecular flexibility index (Phi) is 11.4. The van der Waals surface area contributed by atoms with Crippen molar-refractivity contribution in [3.05, 3.63) is 120 Å². The summed E-state index contributed by atoms with van der Waals surface area (Å²) in [6.07, 6.45) is 0.167. The molecule has 0 radical (unpaired) electrons. The standard InChI is InChI=1S/C35H38FN3O6S/c1-25(2)37-35(41)31(21-26-11-7-5-8-12-26)38(23-27-15-17-28(36)18-16-27)34(40)24-39(29-13-9-6-10-14-29)46(42,43)30-19-20-32(44-3)33(22-30)45-4/h5-20,22,25,31H,21,23-24H2,1-4H3,(H,37,41)/t31-/m0/s1. The summed E-state index contributed by atoms with van der Waals surface area (Å²) in [5, 5.41) is 2.91. The fraction of sp³-hybridized carbons (Fsp3) is 0.257. The van der Waals surface area contributed by atoms with Gasteiger partial charge >= 0.3 is 0 Å². The molecule has 46 heavy (non-hydrogen) atoms. The highest BCUT2D eigenvalue weighted by Gasteiger charge is 2.35. The van der Waals surface area contributed by atoms with Gasteiger partial charge in [-0.2, -0.15) is 0 Å². The van der Waals surface area contributed by atoms with Crippen LogP contribution >= 0.6 is 0 Å². The largest absolute Gasteiger partial charge is 0.493 e. The van der Waals surface area contributed by atoms with Crippen molar-refractivity contribution in [2.45, 2.75) is 43.8 Å². The molecule has 4 aromatic carbocycles. The van der Waals surface area contributed by atoms with Crippen molar-refractivity contribution >= 4 is 27.5 Å². The number of sulfonamides is 1. The number of nitrogens with one attached hydrogen (secondary N) is 1. The number of nitrogens with zero attached hydrogens (tertiary/aromatic N) is 2. The van der Waals surface area contributed by atoms with Gasteiger partial charge in [0, 0.05) is 25.1 Å². The molecule has 0 aliphatic carbocycles. The number of methoxy groups -OCH3 is 2. The van der Waals surface area contributed by atoms with Crippen molar-refractivity contribution in [1.82, 2.24) is 10.2 Å². The maximum atomic E-state index is 14.4. The number of ether oxygens (including phenoxy) is 2. The summed E-state index contributed by atoms with van der Waals surface area (Å²) in [6, 6.07) is 26.1. The maximum Gasteiger partial charge on any atom is 0.264 e. The molecule has 0 unspecified atom stereocenters. The molecule has 11 heteroatoms. The molecule has 0 saturated heterocycles.